The van der Waals surface area contributed by atoms with Gasteiger partial charge in [-0.25, -0.2) is 4.79 Å². The Morgan fingerprint density at radius 1 is 1.32 bits per heavy atom. The third kappa shape index (κ3) is 2.63. The molecular weight excluding hydrogens is 306 g/mol. The minimum Gasteiger partial charge on any atom is -0.478 e. The highest BCUT2D eigenvalue weighted by Gasteiger charge is 2.17. The highest BCUT2D eigenvalue weighted by atomic mass is 35.5. The quantitative estimate of drug-likeness (QED) is 0.740. The van der Waals surface area contributed by atoms with Gasteiger partial charge >= 0.3 is 5.97 Å². The number of fused-ring (bicyclic) bond motifs is 1. The number of aliphatic carboxylic acids is 1. The number of halogens is 1. The van der Waals surface area contributed by atoms with Gasteiger partial charge in [-0.1, -0.05) is 28.9 Å². The second-order valence-electron chi connectivity index (χ2n) is 4.78. The fraction of sp³-hybridized carbons (Fsp3) is 0.125. The molecule has 0 aliphatic carbocycles. The normalized spacial score (nSPS) is 12.3. The summed E-state index contributed by atoms with van der Waals surface area (Å²) in [5.41, 5.74) is 1.80. The van der Waals surface area contributed by atoms with E-state index in [9.17, 15) is 4.79 Å². The minimum absolute atomic E-state index is 0.386. The van der Waals surface area contributed by atoms with E-state index in [1.54, 1.807) is 18.2 Å². The van der Waals surface area contributed by atoms with Crippen LogP contribution in [0.5, 0.6) is 5.75 Å². The molecule has 1 heterocycles. The number of alkyl halides is 1. The lowest BCUT2D eigenvalue weighted by atomic mass is 10.0. The monoisotopic (exact) mass is 317 g/mol. The van der Waals surface area contributed by atoms with Gasteiger partial charge in [0.05, 0.1) is 0 Å². The van der Waals surface area contributed by atoms with Gasteiger partial charge in [0.1, 0.15) is 11.4 Å². The minimum atomic E-state index is -1.42. The molecule has 6 heteroatoms. The van der Waals surface area contributed by atoms with E-state index in [0.29, 0.717) is 11.3 Å². The van der Waals surface area contributed by atoms with Gasteiger partial charge < -0.3 is 14.4 Å². The Labute approximate surface area is 131 Å². The van der Waals surface area contributed by atoms with Crippen molar-refractivity contribution < 1.29 is 19.2 Å². The van der Waals surface area contributed by atoms with Crippen LogP contribution in [0.2, 0.25) is 0 Å². The second kappa shape index (κ2) is 5.69. The van der Waals surface area contributed by atoms with Crippen LogP contribution < -0.4 is 4.74 Å². The van der Waals surface area contributed by atoms with E-state index in [4.69, 9.17) is 26.0 Å². The first-order chi connectivity index (χ1) is 10.6. The summed E-state index contributed by atoms with van der Waals surface area (Å²) in [7, 11) is 0. The van der Waals surface area contributed by atoms with Gasteiger partial charge in [-0.3, -0.25) is 0 Å². The number of benzene rings is 2. The standard InChI is InChI=1S/C16H12ClNO4/c1-9-8-10(21-15(17)16(19)20)6-7-11(9)14-12-4-2-3-5-13(12)22-18-14/h2-8,15H,1H3,(H,19,20). The largest absolute Gasteiger partial charge is 0.478 e. The molecule has 1 aromatic heterocycles. The van der Waals surface area contributed by atoms with Crippen molar-refractivity contribution in [3.8, 4) is 17.0 Å². The van der Waals surface area contributed by atoms with Crippen LogP contribution in [0, 0.1) is 6.92 Å². The molecular formula is C16H12ClNO4. The number of aromatic nitrogens is 1. The Morgan fingerprint density at radius 2 is 2.09 bits per heavy atom. The third-order valence-corrected chi connectivity index (χ3v) is 3.54. The zero-order valence-corrected chi connectivity index (χ0v) is 12.4. The zero-order chi connectivity index (χ0) is 15.7. The van der Waals surface area contributed by atoms with Crippen LogP contribution in [0.4, 0.5) is 0 Å². The molecule has 1 atom stereocenters. The van der Waals surface area contributed by atoms with E-state index in [0.717, 1.165) is 22.2 Å². The highest BCUT2D eigenvalue weighted by molar-refractivity contribution is 6.28. The summed E-state index contributed by atoms with van der Waals surface area (Å²) >= 11 is 5.57. The van der Waals surface area contributed by atoms with Crippen LogP contribution in [0.25, 0.3) is 22.2 Å². The van der Waals surface area contributed by atoms with Crippen molar-refractivity contribution in [2.75, 3.05) is 0 Å². The Hall–Kier alpha value is -2.53. The van der Waals surface area contributed by atoms with Crippen molar-refractivity contribution >= 4 is 28.5 Å². The Balaban J connectivity index is 1.97. The summed E-state index contributed by atoms with van der Waals surface area (Å²) in [5.74, 6) is -0.845. The molecule has 3 rings (SSSR count). The number of hydrogen-bond acceptors (Lipinski definition) is 4. The average Bonchev–Trinajstić information content (AvgIpc) is 2.91. The first-order valence-electron chi connectivity index (χ1n) is 6.55. The predicted molar refractivity (Wildman–Crippen MR) is 82.1 cm³/mol. The number of ether oxygens (including phenoxy) is 1. The van der Waals surface area contributed by atoms with Crippen molar-refractivity contribution in [3.05, 3.63) is 48.0 Å². The zero-order valence-electron chi connectivity index (χ0n) is 11.6. The van der Waals surface area contributed by atoms with Gasteiger partial charge in [0.15, 0.2) is 5.58 Å². The Kier molecular flexibility index (Phi) is 3.73. The first-order valence-corrected chi connectivity index (χ1v) is 6.99. The molecule has 1 N–H and O–H groups in total. The fourth-order valence-corrected chi connectivity index (χ4v) is 2.33. The lowest BCUT2D eigenvalue weighted by Crippen LogP contribution is -2.20. The number of carboxylic acid groups (broad SMARTS) is 1. The van der Waals surface area contributed by atoms with Crippen LogP contribution in [-0.2, 0) is 4.79 Å². The number of aryl methyl sites for hydroxylation is 1. The summed E-state index contributed by atoms with van der Waals surface area (Å²) in [6, 6.07) is 12.8. The molecule has 0 aliphatic rings. The van der Waals surface area contributed by atoms with Crippen LogP contribution >= 0.6 is 11.6 Å². The molecule has 0 saturated carbocycles. The highest BCUT2D eigenvalue weighted by Crippen LogP contribution is 2.32. The van der Waals surface area contributed by atoms with Crippen molar-refractivity contribution in [2.45, 2.75) is 12.5 Å². The van der Waals surface area contributed by atoms with E-state index < -0.39 is 11.5 Å². The molecule has 22 heavy (non-hydrogen) atoms. The molecule has 0 saturated heterocycles. The molecule has 5 nitrogen and oxygen atoms in total. The maximum atomic E-state index is 10.7. The molecule has 0 amide bonds. The Morgan fingerprint density at radius 3 is 2.82 bits per heavy atom. The van der Waals surface area contributed by atoms with Gasteiger partial charge in [0.25, 0.3) is 5.56 Å². The van der Waals surface area contributed by atoms with E-state index in [-0.39, 0.29) is 0 Å². The van der Waals surface area contributed by atoms with Gasteiger partial charge in [0.2, 0.25) is 0 Å². The van der Waals surface area contributed by atoms with Crippen molar-refractivity contribution in [1.82, 2.24) is 5.16 Å². The summed E-state index contributed by atoms with van der Waals surface area (Å²) < 4.78 is 10.4. The van der Waals surface area contributed by atoms with Gasteiger partial charge in [-0.15, -0.1) is 0 Å². The van der Waals surface area contributed by atoms with E-state index in [1.807, 2.05) is 31.2 Å². The summed E-state index contributed by atoms with van der Waals surface area (Å²) in [6.45, 7) is 1.88. The predicted octanol–water partition coefficient (Wildman–Crippen LogP) is 3.83. The van der Waals surface area contributed by atoms with Gasteiger partial charge in [0, 0.05) is 10.9 Å². The number of para-hydroxylation sites is 1. The first kappa shape index (κ1) is 14.4. The number of carbonyl (C=O) groups is 1. The summed E-state index contributed by atoms with van der Waals surface area (Å²) in [4.78, 5) is 10.7. The van der Waals surface area contributed by atoms with E-state index in [2.05, 4.69) is 5.16 Å². The van der Waals surface area contributed by atoms with Crippen molar-refractivity contribution in [1.29, 1.82) is 0 Å². The molecule has 2 aromatic carbocycles. The maximum Gasteiger partial charge on any atom is 0.360 e. The molecule has 0 bridgehead atoms. The number of hydrogen-bond donors (Lipinski definition) is 1. The molecule has 1 unspecified atom stereocenters. The van der Waals surface area contributed by atoms with Crippen LogP contribution in [0.1, 0.15) is 5.56 Å². The molecule has 0 aliphatic heterocycles. The lowest BCUT2D eigenvalue weighted by molar-refractivity contribution is -0.141. The lowest BCUT2D eigenvalue weighted by Gasteiger charge is -2.10. The maximum absolute atomic E-state index is 10.7. The fourth-order valence-electron chi connectivity index (χ4n) is 2.23. The van der Waals surface area contributed by atoms with Crippen molar-refractivity contribution in [3.63, 3.8) is 0 Å². The molecule has 112 valence electrons. The number of rotatable bonds is 4. The molecule has 0 radical (unpaired) electrons. The number of nitrogens with zero attached hydrogens (tertiary/aromatic N) is 1. The smallest absolute Gasteiger partial charge is 0.360 e. The third-order valence-electron chi connectivity index (χ3n) is 3.26. The van der Waals surface area contributed by atoms with Gasteiger partial charge in [-0.05, 0) is 42.8 Å². The van der Waals surface area contributed by atoms with Crippen LogP contribution in [0.15, 0.2) is 47.0 Å². The SMILES string of the molecule is Cc1cc(OC(Cl)C(=O)O)ccc1-c1noc2ccccc12. The van der Waals surface area contributed by atoms with E-state index in [1.165, 1.54) is 0 Å². The summed E-state index contributed by atoms with van der Waals surface area (Å²) in [6.07, 6.45) is 0. The molecule has 0 spiro atoms. The number of carboxylic acids is 1. The van der Waals surface area contributed by atoms with Crippen LogP contribution in [0.3, 0.4) is 0 Å². The Bertz CT molecular complexity index is 843. The summed E-state index contributed by atoms with van der Waals surface area (Å²) in [5, 5.41) is 13.8. The molecule has 3 aromatic rings. The van der Waals surface area contributed by atoms with E-state index >= 15 is 0 Å². The molecule has 0 fully saturated rings. The van der Waals surface area contributed by atoms with Gasteiger partial charge in [-0.2, -0.15) is 0 Å². The average molecular weight is 318 g/mol. The van der Waals surface area contributed by atoms with Crippen LogP contribution in [-0.4, -0.2) is 21.8 Å². The topological polar surface area (TPSA) is 72.6 Å². The second-order valence-corrected chi connectivity index (χ2v) is 5.17. The van der Waals surface area contributed by atoms with Crippen molar-refractivity contribution in [2.24, 2.45) is 0 Å².